The fourth-order valence-corrected chi connectivity index (χ4v) is 2.58. The number of nitrogens with one attached hydrogen (secondary N) is 2. The fourth-order valence-electron chi connectivity index (χ4n) is 1.77. The Balaban J connectivity index is 2.18. The first-order chi connectivity index (χ1) is 10.8. The normalized spacial score (nSPS) is 12.6. The van der Waals surface area contributed by atoms with Gasteiger partial charge in [-0.2, -0.15) is 0 Å². The van der Waals surface area contributed by atoms with E-state index in [2.05, 4.69) is 26.6 Å². The topological polar surface area (TPSA) is 41.1 Å². The summed E-state index contributed by atoms with van der Waals surface area (Å²) >= 11 is 27.2. The highest BCUT2D eigenvalue weighted by Crippen LogP contribution is 2.31. The van der Waals surface area contributed by atoms with E-state index in [1.54, 1.807) is 36.4 Å². The van der Waals surface area contributed by atoms with Crippen molar-refractivity contribution in [3.05, 3.63) is 63.6 Å². The Morgan fingerprint density at radius 1 is 1.04 bits per heavy atom. The number of carbonyl (C=O) groups is 1. The van der Waals surface area contributed by atoms with Gasteiger partial charge in [0.2, 0.25) is 3.79 Å². The van der Waals surface area contributed by atoms with Crippen LogP contribution in [0.2, 0.25) is 5.02 Å². The van der Waals surface area contributed by atoms with Crippen molar-refractivity contribution in [2.75, 3.05) is 5.32 Å². The van der Waals surface area contributed by atoms with Crippen LogP contribution in [0.15, 0.2) is 53.0 Å². The van der Waals surface area contributed by atoms with Gasteiger partial charge in [0, 0.05) is 10.2 Å². The molecule has 0 radical (unpaired) electrons. The summed E-state index contributed by atoms with van der Waals surface area (Å²) in [5, 5.41) is 5.93. The Labute approximate surface area is 162 Å². The molecule has 2 N–H and O–H groups in total. The number of hydrogen-bond acceptors (Lipinski definition) is 2. The SMILES string of the molecule is O=C(N[C@@H](Nc1ccc(Br)cc1)C(Cl)(Cl)Cl)c1ccccc1Cl. The molecule has 1 atom stereocenters. The van der Waals surface area contributed by atoms with Crippen molar-refractivity contribution in [3.63, 3.8) is 0 Å². The number of alkyl halides is 3. The largest absolute Gasteiger partial charge is 0.362 e. The molecule has 0 spiro atoms. The second kappa shape index (κ2) is 7.95. The summed E-state index contributed by atoms with van der Waals surface area (Å²) in [5.74, 6) is -0.448. The molecule has 23 heavy (non-hydrogen) atoms. The molecule has 0 aliphatic rings. The minimum Gasteiger partial charge on any atom is -0.362 e. The lowest BCUT2D eigenvalue weighted by Gasteiger charge is -2.27. The molecule has 0 saturated heterocycles. The van der Waals surface area contributed by atoms with Gasteiger partial charge in [0.05, 0.1) is 10.6 Å². The third-order valence-electron chi connectivity index (χ3n) is 2.88. The molecule has 0 aliphatic heterocycles. The van der Waals surface area contributed by atoms with E-state index < -0.39 is 15.9 Å². The van der Waals surface area contributed by atoms with Crippen LogP contribution in [0.1, 0.15) is 10.4 Å². The molecule has 0 heterocycles. The first-order valence-electron chi connectivity index (χ1n) is 6.41. The van der Waals surface area contributed by atoms with Gasteiger partial charge in [-0.25, -0.2) is 0 Å². The maximum Gasteiger partial charge on any atom is 0.254 e. The van der Waals surface area contributed by atoms with Crippen molar-refractivity contribution in [2.45, 2.75) is 9.96 Å². The van der Waals surface area contributed by atoms with Gasteiger partial charge < -0.3 is 10.6 Å². The Kier molecular flexibility index (Phi) is 6.46. The average molecular weight is 457 g/mol. The first-order valence-corrected chi connectivity index (χ1v) is 8.72. The molecule has 0 fully saturated rings. The lowest BCUT2D eigenvalue weighted by Crippen LogP contribution is -2.49. The number of halogens is 5. The lowest BCUT2D eigenvalue weighted by molar-refractivity contribution is 0.0942. The van der Waals surface area contributed by atoms with Crippen LogP contribution in [0.5, 0.6) is 0 Å². The monoisotopic (exact) mass is 454 g/mol. The molecule has 0 aromatic heterocycles. The van der Waals surface area contributed by atoms with Crippen molar-refractivity contribution in [2.24, 2.45) is 0 Å². The van der Waals surface area contributed by atoms with E-state index in [1.807, 2.05) is 12.1 Å². The molecule has 0 saturated carbocycles. The number of hydrogen-bond donors (Lipinski definition) is 2. The van der Waals surface area contributed by atoms with Crippen LogP contribution in [0.25, 0.3) is 0 Å². The minimum atomic E-state index is -1.76. The molecular formula is C15H11BrCl4N2O. The highest BCUT2D eigenvalue weighted by molar-refractivity contribution is 9.10. The van der Waals surface area contributed by atoms with Crippen molar-refractivity contribution in [3.8, 4) is 0 Å². The van der Waals surface area contributed by atoms with Crippen LogP contribution in [0, 0.1) is 0 Å². The highest BCUT2D eigenvalue weighted by atomic mass is 79.9. The zero-order valence-corrected chi connectivity index (χ0v) is 16.1. The number of rotatable bonds is 4. The van der Waals surface area contributed by atoms with Crippen LogP contribution in [-0.4, -0.2) is 15.9 Å². The van der Waals surface area contributed by atoms with Crippen LogP contribution >= 0.6 is 62.3 Å². The number of amides is 1. The summed E-state index contributed by atoms with van der Waals surface area (Å²) < 4.78 is -0.849. The fraction of sp³-hybridized carbons (Fsp3) is 0.133. The second-order valence-corrected chi connectivity index (χ2v) is 8.27. The molecule has 2 aromatic rings. The standard InChI is InChI=1S/C15H11BrCl4N2O/c16-9-5-7-10(8-6-9)21-14(15(18,19)20)22-13(23)11-3-1-2-4-12(11)17/h1-8,14,21H,(H,22,23)/t14-/m1/s1. The molecule has 2 aromatic carbocycles. The molecule has 122 valence electrons. The van der Waals surface area contributed by atoms with E-state index in [4.69, 9.17) is 46.4 Å². The van der Waals surface area contributed by atoms with Gasteiger partial charge in [-0.3, -0.25) is 4.79 Å². The van der Waals surface area contributed by atoms with E-state index in [9.17, 15) is 4.79 Å². The summed E-state index contributed by atoms with van der Waals surface area (Å²) in [7, 11) is 0. The van der Waals surface area contributed by atoms with E-state index in [0.717, 1.165) is 4.47 Å². The third kappa shape index (κ3) is 5.44. The van der Waals surface area contributed by atoms with E-state index in [1.165, 1.54) is 0 Å². The van der Waals surface area contributed by atoms with Crippen LogP contribution in [0.3, 0.4) is 0 Å². The number of carbonyl (C=O) groups excluding carboxylic acids is 1. The number of anilines is 1. The van der Waals surface area contributed by atoms with Crippen molar-refractivity contribution >= 4 is 73.9 Å². The van der Waals surface area contributed by atoms with Gasteiger partial charge in [-0.15, -0.1) is 0 Å². The zero-order valence-electron chi connectivity index (χ0n) is 11.5. The van der Waals surface area contributed by atoms with Crippen LogP contribution in [0.4, 0.5) is 5.69 Å². The van der Waals surface area contributed by atoms with Crippen molar-refractivity contribution in [1.82, 2.24) is 5.32 Å². The zero-order chi connectivity index (χ0) is 17.0. The number of benzene rings is 2. The Bertz CT molecular complexity index is 689. The predicted octanol–water partition coefficient (Wildman–Crippen LogP) is 5.64. The van der Waals surface area contributed by atoms with Crippen molar-refractivity contribution < 1.29 is 4.79 Å². The van der Waals surface area contributed by atoms with Gasteiger partial charge in [0.1, 0.15) is 6.17 Å². The van der Waals surface area contributed by atoms with Crippen LogP contribution in [-0.2, 0) is 0 Å². The Morgan fingerprint density at radius 2 is 1.65 bits per heavy atom. The van der Waals surface area contributed by atoms with Crippen molar-refractivity contribution in [1.29, 1.82) is 0 Å². The van der Waals surface area contributed by atoms with Crippen LogP contribution < -0.4 is 10.6 Å². The maximum atomic E-state index is 12.3. The van der Waals surface area contributed by atoms with E-state index in [0.29, 0.717) is 16.3 Å². The molecular weight excluding hydrogens is 446 g/mol. The first kappa shape index (κ1) is 18.7. The summed E-state index contributed by atoms with van der Waals surface area (Å²) in [4.78, 5) is 12.3. The van der Waals surface area contributed by atoms with E-state index >= 15 is 0 Å². The minimum absolute atomic E-state index is 0.297. The van der Waals surface area contributed by atoms with E-state index in [-0.39, 0.29) is 0 Å². The van der Waals surface area contributed by atoms with Gasteiger partial charge in [0.25, 0.3) is 5.91 Å². The summed E-state index contributed by atoms with van der Waals surface area (Å²) in [5.41, 5.74) is 0.981. The Morgan fingerprint density at radius 3 is 2.22 bits per heavy atom. The molecule has 2 rings (SSSR count). The molecule has 3 nitrogen and oxygen atoms in total. The molecule has 1 amide bonds. The van der Waals surface area contributed by atoms with Gasteiger partial charge in [-0.1, -0.05) is 74.5 Å². The Hall–Kier alpha value is -0.650. The highest BCUT2D eigenvalue weighted by Gasteiger charge is 2.34. The lowest BCUT2D eigenvalue weighted by atomic mass is 10.2. The van der Waals surface area contributed by atoms with Gasteiger partial charge in [0.15, 0.2) is 0 Å². The quantitative estimate of drug-likeness (QED) is 0.461. The average Bonchev–Trinajstić information content (AvgIpc) is 2.48. The summed E-state index contributed by atoms with van der Waals surface area (Å²) in [6, 6.07) is 13.9. The smallest absolute Gasteiger partial charge is 0.254 e. The van der Waals surface area contributed by atoms with Gasteiger partial charge in [-0.05, 0) is 36.4 Å². The second-order valence-electron chi connectivity index (χ2n) is 4.58. The molecule has 0 aliphatic carbocycles. The molecule has 0 unspecified atom stereocenters. The molecule has 0 bridgehead atoms. The third-order valence-corrected chi connectivity index (χ3v) is 4.39. The van der Waals surface area contributed by atoms with Gasteiger partial charge >= 0.3 is 0 Å². The summed E-state index contributed by atoms with van der Waals surface area (Å²) in [6.45, 7) is 0. The maximum absolute atomic E-state index is 12.3. The molecule has 8 heteroatoms. The summed E-state index contributed by atoms with van der Waals surface area (Å²) in [6.07, 6.45) is -0.947. The predicted molar refractivity (Wildman–Crippen MR) is 101 cm³/mol.